The molecule has 86 valence electrons. The van der Waals surface area contributed by atoms with Crippen LogP contribution in [0.4, 0.5) is 0 Å². The van der Waals surface area contributed by atoms with Gasteiger partial charge in [-0.15, -0.1) is 0 Å². The highest BCUT2D eigenvalue weighted by Crippen LogP contribution is 2.29. The molecular formula is C11H20N2O2. The summed E-state index contributed by atoms with van der Waals surface area (Å²) in [5, 5.41) is 0. The molecule has 1 aliphatic heterocycles. The predicted octanol–water partition coefficient (Wildman–Crippen LogP) is 0.361. The van der Waals surface area contributed by atoms with Crippen molar-refractivity contribution in [3.63, 3.8) is 0 Å². The molecule has 1 saturated carbocycles. The van der Waals surface area contributed by atoms with Crippen molar-refractivity contribution >= 4 is 5.97 Å². The Morgan fingerprint density at radius 3 is 2.67 bits per heavy atom. The van der Waals surface area contributed by atoms with Crippen LogP contribution in [0.1, 0.15) is 25.7 Å². The minimum Gasteiger partial charge on any atom is -0.469 e. The van der Waals surface area contributed by atoms with Crippen molar-refractivity contribution in [2.45, 2.75) is 37.8 Å². The van der Waals surface area contributed by atoms with Gasteiger partial charge in [0.15, 0.2) is 0 Å². The average molecular weight is 212 g/mol. The molecule has 1 saturated heterocycles. The summed E-state index contributed by atoms with van der Waals surface area (Å²) in [7, 11) is 1.45. The predicted molar refractivity (Wildman–Crippen MR) is 57.3 cm³/mol. The first kappa shape index (κ1) is 10.9. The minimum absolute atomic E-state index is 0.0145. The van der Waals surface area contributed by atoms with Crippen molar-refractivity contribution in [3.8, 4) is 0 Å². The fourth-order valence-corrected chi connectivity index (χ4v) is 2.56. The SMILES string of the molecule is COC(=O)C1CC(N)CN(C2CCC2)C1. The highest BCUT2D eigenvalue weighted by Gasteiger charge is 2.35. The van der Waals surface area contributed by atoms with Gasteiger partial charge >= 0.3 is 5.97 Å². The second-order valence-electron chi connectivity index (χ2n) is 4.75. The first-order valence-electron chi connectivity index (χ1n) is 5.78. The van der Waals surface area contributed by atoms with E-state index in [1.54, 1.807) is 0 Å². The molecule has 15 heavy (non-hydrogen) atoms. The Kier molecular flexibility index (Phi) is 3.26. The van der Waals surface area contributed by atoms with E-state index in [9.17, 15) is 4.79 Å². The molecule has 0 aromatic carbocycles. The van der Waals surface area contributed by atoms with Crippen LogP contribution in [-0.4, -0.2) is 43.2 Å². The van der Waals surface area contributed by atoms with Crippen molar-refractivity contribution in [3.05, 3.63) is 0 Å². The Morgan fingerprint density at radius 2 is 2.13 bits per heavy atom. The lowest BCUT2D eigenvalue weighted by Gasteiger charge is -2.43. The van der Waals surface area contributed by atoms with Crippen LogP contribution in [0.15, 0.2) is 0 Å². The van der Waals surface area contributed by atoms with Crippen molar-refractivity contribution in [2.75, 3.05) is 20.2 Å². The quantitative estimate of drug-likeness (QED) is 0.672. The molecule has 0 aromatic heterocycles. The van der Waals surface area contributed by atoms with Crippen LogP contribution in [0.25, 0.3) is 0 Å². The van der Waals surface area contributed by atoms with E-state index in [2.05, 4.69) is 4.90 Å². The Hall–Kier alpha value is -0.610. The second-order valence-corrected chi connectivity index (χ2v) is 4.75. The third kappa shape index (κ3) is 2.32. The molecule has 2 N–H and O–H groups in total. The van der Waals surface area contributed by atoms with Crippen LogP contribution in [-0.2, 0) is 9.53 Å². The molecule has 0 bridgehead atoms. The number of nitrogens with zero attached hydrogens (tertiary/aromatic N) is 1. The molecule has 2 atom stereocenters. The van der Waals surface area contributed by atoms with E-state index in [1.807, 2.05) is 0 Å². The van der Waals surface area contributed by atoms with Gasteiger partial charge in [-0.25, -0.2) is 0 Å². The monoisotopic (exact) mass is 212 g/mol. The Balaban J connectivity index is 1.94. The van der Waals surface area contributed by atoms with Gasteiger partial charge in [-0.1, -0.05) is 6.42 Å². The Bertz CT molecular complexity index is 241. The summed E-state index contributed by atoms with van der Waals surface area (Å²) in [5.41, 5.74) is 5.98. The molecule has 1 heterocycles. The number of methoxy groups -OCH3 is 1. The minimum atomic E-state index is -0.102. The lowest BCUT2D eigenvalue weighted by molar-refractivity contribution is -0.148. The number of esters is 1. The van der Waals surface area contributed by atoms with Gasteiger partial charge in [-0.3, -0.25) is 9.69 Å². The fourth-order valence-electron chi connectivity index (χ4n) is 2.56. The van der Waals surface area contributed by atoms with Gasteiger partial charge < -0.3 is 10.5 Å². The van der Waals surface area contributed by atoms with Crippen LogP contribution >= 0.6 is 0 Å². The number of hydrogen-bond acceptors (Lipinski definition) is 4. The number of carbonyl (C=O) groups excluding carboxylic acids is 1. The summed E-state index contributed by atoms with van der Waals surface area (Å²) in [6.07, 6.45) is 4.62. The van der Waals surface area contributed by atoms with Gasteiger partial charge in [0.25, 0.3) is 0 Å². The third-order valence-corrected chi connectivity index (χ3v) is 3.64. The third-order valence-electron chi connectivity index (χ3n) is 3.64. The van der Waals surface area contributed by atoms with Crippen molar-refractivity contribution in [1.82, 2.24) is 4.90 Å². The molecule has 2 unspecified atom stereocenters. The molecule has 4 nitrogen and oxygen atoms in total. The van der Waals surface area contributed by atoms with Crippen LogP contribution in [0.5, 0.6) is 0 Å². The van der Waals surface area contributed by atoms with Crippen molar-refractivity contribution in [1.29, 1.82) is 0 Å². The zero-order valence-electron chi connectivity index (χ0n) is 9.32. The van der Waals surface area contributed by atoms with Gasteiger partial charge in [0.2, 0.25) is 0 Å². The number of likely N-dealkylation sites (tertiary alicyclic amines) is 1. The van der Waals surface area contributed by atoms with Gasteiger partial charge in [0, 0.05) is 25.2 Å². The first-order chi connectivity index (χ1) is 7.20. The maximum absolute atomic E-state index is 11.5. The van der Waals surface area contributed by atoms with Gasteiger partial charge in [0.05, 0.1) is 13.0 Å². The zero-order chi connectivity index (χ0) is 10.8. The lowest BCUT2D eigenvalue weighted by atomic mass is 9.86. The number of nitrogens with two attached hydrogens (primary N) is 1. The van der Waals surface area contributed by atoms with Crippen molar-refractivity contribution < 1.29 is 9.53 Å². The van der Waals surface area contributed by atoms with Crippen LogP contribution < -0.4 is 5.73 Å². The zero-order valence-corrected chi connectivity index (χ0v) is 9.32. The summed E-state index contributed by atoms with van der Waals surface area (Å²) < 4.78 is 4.80. The van der Waals surface area contributed by atoms with E-state index < -0.39 is 0 Å². The molecule has 0 radical (unpaired) electrons. The van der Waals surface area contributed by atoms with E-state index in [-0.39, 0.29) is 17.9 Å². The number of hydrogen-bond donors (Lipinski definition) is 1. The summed E-state index contributed by atoms with van der Waals surface area (Å²) in [5.74, 6) is -0.117. The van der Waals surface area contributed by atoms with Crippen LogP contribution in [0, 0.1) is 5.92 Å². The summed E-state index contributed by atoms with van der Waals surface area (Å²) >= 11 is 0. The molecule has 2 fully saturated rings. The lowest BCUT2D eigenvalue weighted by Crippen LogP contribution is -2.54. The first-order valence-corrected chi connectivity index (χ1v) is 5.78. The van der Waals surface area contributed by atoms with E-state index in [1.165, 1.54) is 26.4 Å². The van der Waals surface area contributed by atoms with Crippen molar-refractivity contribution in [2.24, 2.45) is 11.7 Å². The molecular weight excluding hydrogens is 192 g/mol. The summed E-state index contributed by atoms with van der Waals surface area (Å²) in [6, 6.07) is 0.798. The number of ether oxygens (including phenoxy) is 1. The fraction of sp³-hybridized carbons (Fsp3) is 0.909. The molecule has 2 rings (SSSR count). The maximum Gasteiger partial charge on any atom is 0.310 e. The molecule has 0 spiro atoms. The summed E-state index contributed by atoms with van der Waals surface area (Å²) in [4.78, 5) is 13.9. The van der Waals surface area contributed by atoms with Gasteiger partial charge in [0.1, 0.15) is 0 Å². The second kappa shape index (κ2) is 4.49. The van der Waals surface area contributed by atoms with E-state index in [4.69, 9.17) is 10.5 Å². The standard InChI is InChI=1S/C11H20N2O2/c1-15-11(14)8-5-9(12)7-13(6-8)10-3-2-4-10/h8-10H,2-7,12H2,1H3. The molecule has 1 aliphatic carbocycles. The number of carbonyl (C=O) groups is 1. The smallest absolute Gasteiger partial charge is 0.310 e. The van der Waals surface area contributed by atoms with Gasteiger partial charge in [-0.2, -0.15) is 0 Å². The number of rotatable bonds is 2. The molecule has 0 amide bonds. The Labute approximate surface area is 90.8 Å². The van der Waals surface area contributed by atoms with E-state index in [0.29, 0.717) is 6.04 Å². The highest BCUT2D eigenvalue weighted by molar-refractivity contribution is 5.72. The van der Waals surface area contributed by atoms with Crippen LogP contribution in [0.3, 0.4) is 0 Å². The van der Waals surface area contributed by atoms with E-state index >= 15 is 0 Å². The highest BCUT2D eigenvalue weighted by atomic mass is 16.5. The topological polar surface area (TPSA) is 55.6 Å². The maximum atomic E-state index is 11.5. The summed E-state index contributed by atoms with van der Waals surface area (Å²) in [6.45, 7) is 1.78. The van der Waals surface area contributed by atoms with E-state index in [0.717, 1.165) is 19.5 Å². The normalized spacial score (nSPS) is 33.5. The average Bonchev–Trinajstić information content (AvgIpc) is 2.13. The van der Waals surface area contributed by atoms with Gasteiger partial charge in [-0.05, 0) is 19.3 Å². The Morgan fingerprint density at radius 1 is 1.40 bits per heavy atom. The van der Waals surface area contributed by atoms with Crippen LogP contribution in [0.2, 0.25) is 0 Å². The largest absolute Gasteiger partial charge is 0.469 e. The molecule has 2 aliphatic rings. The number of piperidine rings is 1. The molecule has 0 aromatic rings. The molecule has 4 heteroatoms.